The van der Waals surface area contributed by atoms with Gasteiger partial charge in [-0.3, -0.25) is 10.1 Å². The zero-order valence-corrected chi connectivity index (χ0v) is 11.6. The fourth-order valence-electron chi connectivity index (χ4n) is 1.91. The van der Waals surface area contributed by atoms with Gasteiger partial charge in [0.05, 0.1) is 18.6 Å². The SMILES string of the molecule is COC(=O)c1cc(CNc2ccccc2[N+](=O)[O-])oc1C. The number of carbonyl (C=O) groups is 1. The van der Waals surface area contributed by atoms with Crippen LogP contribution in [0.5, 0.6) is 0 Å². The minimum atomic E-state index is -0.479. The number of esters is 1. The molecule has 2 aromatic rings. The van der Waals surface area contributed by atoms with E-state index in [1.54, 1.807) is 31.2 Å². The number of anilines is 1. The summed E-state index contributed by atoms with van der Waals surface area (Å²) in [7, 11) is 1.29. The molecule has 0 aliphatic carbocycles. The Balaban J connectivity index is 2.14. The minimum Gasteiger partial charge on any atom is -0.465 e. The lowest BCUT2D eigenvalue weighted by atomic mass is 10.2. The highest BCUT2D eigenvalue weighted by Crippen LogP contribution is 2.24. The Morgan fingerprint density at radius 1 is 1.43 bits per heavy atom. The molecule has 0 saturated carbocycles. The maximum atomic E-state index is 11.5. The van der Waals surface area contributed by atoms with Gasteiger partial charge in [-0.15, -0.1) is 0 Å². The number of nitro groups is 1. The first-order valence-electron chi connectivity index (χ1n) is 6.18. The van der Waals surface area contributed by atoms with E-state index in [1.807, 2.05) is 0 Å². The van der Waals surface area contributed by atoms with E-state index in [9.17, 15) is 14.9 Å². The molecule has 0 aliphatic rings. The maximum absolute atomic E-state index is 11.5. The van der Waals surface area contributed by atoms with Crippen LogP contribution in [0.3, 0.4) is 0 Å². The van der Waals surface area contributed by atoms with Gasteiger partial charge in [0.15, 0.2) is 0 Å². The predicted molar refractivity (Wildman–Crippen MR) is 75.2 cm³/mol. The molecule has 0 radical (unpaired) electrons. The molecule has 7 heteroatoms. The Morgan fingerprint density at radius 2 is 2.14 bits per heavy atom. The van der Waals surface area contributed by atoms with Crippen molar-refractivity contribution in [3.05, 3.63) is 57.5 Å². The summed E-state index contributed by atoms with van der Waals surface area (Å²) in [5.74, 6) is 0.459. The normalized spacial score (nSPS) is 10.2. The van der Waals surface area contributed by atoms with E-state index in [4.69, 9.17) is 4.42 Å². The van der Waals surface area contributed by atoms with E-state index < -0.39 is 10.9 Å². The van der Waals surface area contributed by atoms with Gasteiger partial charge >= 0.3 is 5.97 Å². The fourth-order valence-corrected chi connectivity index (χ4v) is 1.91. The number of nitro benzene ring substituents is 1. The topological polar surface area (TPSA) is 94.6 Å². The third kappa shape index (κ3) is 3.19. The molecule has 1 aromatic carbocycles. The number of nitrogens with zero attached hydrogens (tertiary/aromatic N) is 1. The molecule has 0 spiro atoms. The summed E-state index contributed by atoms with van der Waals surface area (Å²) in [4.78, 5) is 21.9. The van der Waals surface area contributed by atoms with E-state index in [2.05, 4.69) is 10.1 Å². The summed E-state index contributed by atoms with van der Waals surface area (Å²) in [6.07, 6.45) is 0. The molecular formula is C14H14N2O5. The van der Waals surface area contributed by atoms with Crippen molar-refractivity contribution in [3.8, 4) is 0 Å². The van der Waals surface area contributed by atoms with Gasteiger partial charge in [0.25, 0.3) is 5.69 Å². The van der Waals surface area contributed by atoms with Crippen LogP contribution in [0.4, 0.5) is 11.4 Å². The average Bonchev–Trinajstić information content (AvgIpc) is 2.85. The molecule has 2 rings (SSSR count). The van der Waals surface area contributed by atoms with Gasteiger partial charge in [-0.05, 0) is 19.1 Å². The predicted octanol–water partition coefficient (Wildman–Crippen LogP) is 2.89. The molecule has 0 unspecified atom stereocenters. The van der Waals surface area contributed by atoms with Crippen LogP contribution in [0.15, 0.2) is 34.7 Å². The third-order valence-corrected chi connectivity index (χ3v) is 2.93. The van der Waals surface area contributed by atoms with Crippen molar-refractivity contribution in [3.63, 3.8) is 0 Å². The molecular weight excluding hydrogens is 276 g/mol. The molecule has 1 heterocycles. The first-order chi connectivity index (χ1) is 10.0. The van der Waals surface area contributed by atoms with Crippen LogP contribution in [-0.4, -0.2) is 18.0 Å². The third-order valence-electron chi connectivity index (χ3n) is 2.93. The molecule has 7 nitrogen and oxygen atoms in total. The number of aryl methyl sites for hydroxylation is 1. The highest BCUT2D eigenvalue weighted by molar-refractivity contribution is 5.90. The van der Waals surface area contributed by atoms with Gasteiger partial charge in [-0.25, -0.2) is 4.79 Å². The number of hydrogen-bond donors (Lipinski definition) is 1. The summed E-state index contributed by atoms with van der Waals surface area (Å²) < 4.78 is 10.1. The molecule has 0 atom stereocenters. The van der Waals surface area contributed by atoms with Crippen molar-refractivity contribution in [2.24, 2.45) is 0 Å². The molecule has 0 saturated heterocycles. The van der Waals surface area contributed by atoms with Crippen LogP contribution in [0.2, 0.25) is 0 Å². The second-order valence-corrected chi connectivity index (χ2v) is 4.30. The van der Waals surface area contributed by atoms with E-state index in [0.29, 0.717) is 22.8 Å². The summed E-state index contributed by atoms with van der Waals surface area (Å²) in [6, 6.07) is 7.87. The van der Waals surface area contributed by atoms with Crippen LogP contribution in [0.25, 0.3) is 0 Å². The first kappa shape index (κ1) is 14.6. The highest BCUT2D eigenvalue weighted by atomic mass is 16.6. The van der Waals surface area contributed by atoms with E-state index in [-0.39, 0.29) is 12.2 Å². The van der Waals surface area contributed by atoms with Crippen molar-refractivity contribution < 1.29 is 18.9 Å². The number of methoxy groups -OCH3 is 1. The van der Waals surface area contributed by atoms with Crippen LogP contribution >= 0.6 is 0 Å². The van der Waals surface area contributed by atoms with Gasteiger partial charge < -0.3 is 14.5 Å². The zero-order chi connectivity index (χ0) is 15.4. The molecule has 1 N–H and O–H groups in total. The van der Waals surface area contributed by atoms with E-state index in [0.717, 1.165) is 0 Å². The number of furan rings is 1. The highest BCUT2D eigenvalue weighted by Gasteiger charge is 2.16. The fraction of sp³-hybridized carbons (Fsp3) is 0.214. The quantitative estimate of drug-likeness (QED) is 0.517. The molecule has 0 bridgehead atoms. The molecule has 21 heavy (non-hydrogen) atoms. The second-order valence-electron chi connectivity index (χ2n) is 4.30. The lowest BCUT2D eigenvalue weighted by molar-refractivity contribution is -0.384. The van der Waals surface area contributed by atoms with Gasteiger partial charge in [0.1, 0.15) is 22.8 Å². The summed E-state index contributed by atoms with van der Waals surface area (Å²) >= 11 is 0. The smallest absolute Gasteiger partial charge is 0.341 e. The Morgan fingerprint density at radius 3 is 2.81 bits per heavy atom. The maximum Gasteiger partial charge on any atom is 0.341 e. The van der Waals surface area contributed by atoms with Gasteiger partial charge in [-0.2, -0.15) is 0 Å². The number of para-hydroxylation sites is 2. The van der Waals surface area contributed by atoms with Crippen LogP contribution in [0, 0.1) is 17.0 Å². The van der Waals surface area contributed by atoms with Crippen molar-refractivity contribution >= 4 is 17.3 Å². The standard InChI is InChI=1S/C14H14N2O5/c1-9-11(14(17)20-2)7-10(21-9)8-15-12-5-3-4-6-13(12)16(18)19/h3-7,15H,8H2,1-2H3. The van der Waals surface area contributed by atoms with Crippen LogP contribution in [0.1, 0.15) is 21.9 Å². The summed E-state index contributed by atoms with van der Waals surface area (Å²) in [5, 5.41) is 13.8. The Kier molecular flexibility index (Phi) is 4.22. The van der Waals surface area contributed by atoms with Crippen molar-refractivity contribution in [2.75, 3.05) is 12.4 Å². The van der Waals surface area contributed by atoms with Gasteiger partial charge in [0, 0.05) is 6.07 Å². The van der Waals surface area contributed by atoms with Crippen molar-refractivity contribution in [1.29, 1.82) is 0 Å². The summed E-state index contributed by atoms with van der Waals surface area (Å²) in [5.41, 5.74) is 0.710. The molecule has 110 valence electrons. The second kappa shape index (κ2) is 6.08. The summed E-state index contributed by atoms with van der Waals surface area (Å²) in [6.45, 7) is 1.88. The van der Waals surface area contributed by atoms with Gasteiger partial charge in [-0.1, -0.05) is 12.1 Å². The van der Waals surface area contributed by atoms with Gasteiger partial charge in [0.2, 0.25) is 0 Å². The number of hydrogen-bond acceptors (Lipinski definition) is 6. The van der Waals surface area contributed by atoms with E-state index >= 15 is 0 Å². The lowest BCUT2D eigenvalue weighted by Gasteiger charge is -2.04. The Bertz CT molecular complexity index is 678. The number of nitrogens with one attached hydrogen (secondary N) is 1. The molecule has 0 aliphatic heterocycles. The Hall–Kier alpha value is -2.83. The van der Waals surface area contributed by atoms with Crippen LogP contribution in [-0.2, 0) is 11.3 Å². The van der Waals surface area contributed by atoms with Crippen molar-refractivity contribution in [2.45, 2.75) is 13.5 Å². The monoisotopic (exact) mass is 290 g/mol. The first-order valence-corrected chi connectivity index (χ1v) is 6.18. The minimum absolute atomic E-state index is 0.0195. The zero-order valence-electron chi connectivity index (χ0n) is 11.6. The average molecular weight is 290 g/mol. The van der Waals surface area contributed by atoms with E-state index in [1.165, 1.54) is 13.2 Å². The van der Waals surface area contributed by atoms with Crippen LogP contribution < -0.4 is 5.32 Å². The number of ether oxygens (including phenoxy) is 1. The molecule has 0 fully saturated rings. The Labute approximate surface area is 120 Å². The number of carbonyl (C=O) groups excluding carboxylic acids is 1. The lowest BCUT2D eigenvalue weighted by Crippen LogP contribution is -2.02. The number of rotatable bonds is 5. The molecule has 1 aromatic heterocycles. The molecule has 0 amide bonds. The number of benzene rings is 1. The van der Waals surface area contributed by atoms with Crippen molar-refractivity contribution in [1.82, 2.24) is 0 Å². The largest absolute Gasteiger partial charge is 0.465 e.